The number of carbonyl (C=O) groups is 2. The summed E-state index contributed by atoms with van der Waals surface area (Å²) in [7, 11) is 0. The van der Waals surface area contributed by atoms with Crippen LogP contribution in [0.4, 0.5) is 4.39 Å². The van der Waals surface area contributed by atoms with E-state index in [0.29, 0.717) is 31.5 Å². The average molecular weight is 354 g/mol. The smallest absolute Gasteiger partial charge is 0.253 e. The summed E-state index contributed by atoms with van der Waals surface area (Å²) < 4.78 is 13.0. The van der Waals surface area contributed by atoms with Crippen LogP contribution in [0.1, 0.15) is 28.8 Å². The molecule has 0 aliphatic carbocycles. The molecule has 1 aliphatic rings. The van der Waals surface area contributed by atoms with E-state index in [4.69, 9.17) is 0 Å². The molecule has 134 valence electrons. The topological polar surface area (TPSA) is 74.7 Å². The standard InChI is InChI=1S/C19H19FN4O2/c20-17-5-3-16(4-6-17)19(26)24-10-7-15(8-11-24)18(25)23-22-13-14-2-1-9-21-12-14/h1-6,9,12-13,15H,7-8,10-11H2,(H,23,25)/b22-13-. The first-order valence-corrected chi connectivity index (χ1v) is 8.41. The molecule has 26 heavy (non-hydrogen) atoms. The molecule has 0 spiro atoms. The van der Waals surface area contributed by atoms with Gasteiger partial charge in [-0.25, -0.2) is 9.82 Å². The number of benzene rings is 1. The number of rotatable bonds is 4. The Bertz CT molecular complexity index is 785. The van der Waals surface area contributed by atoms with Gasteiger partial charge in [-0.2, -0.15) is 5.10 Å². The molecule has 7 heteroatoms. The molecule has 2 heterocycles. The molecule has 1 N–H and O–H groups in total. The SMILES string of the molecule is O=C(N/N=C\c1cccnc1)C1CCN(C(=O)c2ccc(F)cc2)CC1. The van der Waals surface area contributed by atoms with E-state index in [0.717, 1.165) is 5.56 Å². The minimum Gasteiger partial charge on any atom is -0.339 e. The largest absolute Gasteiger partial charge is 0.339 e. The van der Waals surface area contributed by atoms with Crippen molar-refractivity contribution in [2.24, 2.45) is 11.0 Å². The zero-order chi connectivity index (χ0) is 18.4. The monoisotopic (exact) mass is 354 g/mol. The molecule has 0 radical (unpaired) electrons. The van der Waals surface area contributed by atoms with Crippen LogP contribution in [-0.2, 0) is 4.79 Å². The Balaban J connectivity index is 1.48. The van der Waals surface area contributed by atoms with Crippen LogP contribution >= 0.6 is 0 Å². The lowest BCUT2D eigenvalue weighted by molar-refractivity contribution is -0.126. The molecule has 1 aromatic carbocycles. The van der Waals surface area contributed by atoms with Gasteiger partial charge in [-0.15, -0.1) is 0 Å². The van der Waals surface area contributed by atoms with E-state index < -0.39 is 0 Å². The second kappa shape index (κ2) is 8.33. The highest BCUT2D eigenvalue weighted by Gasteiger charge is 2.27. The Morgan fingerprint density at radius 3 is 2.58 bits per heavy atom. The lowest BCUT2D eigenvalue weighted by Crippen LogP contribution is -2.42. The van der Waals surface area contributed by atoms with Gasteiger partial charge in [-0.3, -0.25) is 14.6 Å². The third kappa shape index (κ3) is 4.50. The first-order chi connectivity index (χ1) is 12.6. The molecular weight excluding hydrogens is 335 g/mol. The van der Waals surface area contributed by atoms with Gasteiger partial charge >= 0.3 is 0 Å². The molecule has 0 saturated carbocycles. The highest BCUT2D eigenvalue weighted by atomic mass is 19.1. The van der Waals surface area contributed by atoms with Crippen LogP contribution in [0.15, 0.2) is 53.9 Å². The van der Waals surface area contributed by atoms with Crippen molar-refractivity contribution < 1.29 is 14.0 Å². The molecule has 0 unspecified atom stereocenters. The van der Waals surface area contributed by atoms with Crippen LogP contribution in [0.3, 0.4) is 0 Å². The minimum atomic E-state index is -0.372. The van der Waals surface area contributed by atoms with Gasteiger partial charge < -0.3 is 4.90 Å². The number of nitrogens with one attached hydrogen (secondary N) is 1. The van der Waals surface area contributed by atoms with E-state index in [2.05, 4.69) is 15.5 Å². The van der Waals surface area contributed by atoms with Crippen molar-refractivity contribution >= 4 is 18.0 Å². The summed E-state index contributed by atoms with van der Waals surface area (Å²) in [6, 6.07) is 9.12. The van der Waals surface area contributed by atoms with E-state index in [-0.39, 0.29) is 23.5 Å². The fourth-order valence-electron chi connectivity index (χ4n) is 2.83. The second-order valence-electron chi connectivity index (χ2n) is 6.09. The van der Waals surface area contributed by atoms with Gasteiger partial charge in [0.1, 0.15) is 5.82 Å². The van der Waals surface area contributed by atoms with Gasteiger partial charge in [0.25, 0.3) is 5.91 Å². The van der Waals surface area contributed by atoms with Gasteiger partial charge in [0.2, 0.25) is 5.91 Å². The minimum absolute atomic E-state index is 0.140. The summed E-state index contributed by atoms with van der Waals surface area (Å²) in [5.74, 6) is -0.848. The normalized spacial score (nSPS) is 15.2. The van der Waals surface area contributed by atoms with Crippen molar-refractivity contribution in [3.63, 3.8) is 0 Å². The number of halogens is 1. The number of likely N-dealkylation sites (tertiary alicyclic amines) is 1. The van der Waals surface area contributed by atoms with Crippen molar-refractivity contribution in [2.45, 2.75) is 12.8 Å². The maximum Gasteiger partial charge on any atom is 0.253 e. The molecule has 0 bridgehead atoms. The summed E-state index contributed by atoms with van der Waals surface area (Å²) in [6.07, 6.45) is 5.99. The first kappa shape index (κ1) is 17.7. The van der Waals surface area contributed by atoms with Crippen molar-refractivity contribution in [3.05, 3.63) is 65.7 Å². The summed E-state index contributed by atoms with van der Waals surface area (Å²) in [6.45, 7) is 0.973. The van der Waals surface area contributed by atoms with Gasteiger partial charge in [0.15, 0.2) is 0 Å². The van der Waals surface area contributed by atoms with Crippen molar-refractivity contribution in [3.8, 4) is 0 Å². The van der Waals surface area contributed by atoms with E-state index in [9.17, 15) is 14.0 Å². The predicted octanol–water partition coefficient (Wildman–Crippen LogP) is 2.22. The fraction of sp³-hybridized carbons (Fsp3) is 0.263. The van der Waals surface area contributed by atoms with Gasteiger partial charge in [-0.1, -0.05) is 6.07 Å². The first-order valence-electron chi connectivity index (χ1n) is 8.41. The Morgan fingerprint density at radius 1 is 1.19 bits per heavy atom. The molecule has 2 aromatic rings. The number of pyridine rings is 1. The number of piperidine rings is 1. The van der Waals surface area contributed by atoms with E-state index in [1.165, 1.54) is 30.5 Å². The number of carbonyl (C=O) groups excluding carboxylic acids is 2. The van der Waals surface area contributed by atoms with Crippen LogP contribution in [0.25, 0.3) is 0 Å². The molecular formula is C19H19FN4O2. The molecule has 1 fully saturated rings. The van der Waals surface area contributed by atoms with Crippen LogP contribution in [0.5, 0.6) is 0 Å². The van der Waals surface area contributed by atoms with Gasteiger partial charge in [-0.05, 0) is 43.2 Å². The second-order valence-corrected chi connectivity index (χ2v) is 6.09. The van der Waals surface area contributed by atoms with Crippen LogP contribution < -0.4 is 5.43 Å². The Morgan fingerprint density at radius 2 is 1.92 bits per heavy atom. The molecule has 1 aliphatic heterocycles. The third-order valence-corrected chi connectivity index (χ3v) is 4.32. The Labute approximate surface area is 150 Å². The van der Waals surface area contributed by atoms with Crippen molar-refractivity contribution in [1.82, 2.24) is 15.3 Å². The van der Waals surface area contributed by atoms with Crippen LogP contribution in [-0.4, -0.2) is 41.0 Å². The molecule has 1 saturated heterocycles. The summed E-state index contributed by atoms with van der Waals surface area (Å²) in [5, 5.41) is 3.95. The number of nitrogens with zero attached hydrogens (tertiary/aromatic N) is 3. The number of hydrogen-bond donors (Lipinski definition) is 1. The maximum absolute atomic E-state index is 13.0. The molecule has 3 rings (SSSR count). The molecule has 6 nitrogen and oxygen atoms in total. The van der Waals surface area contributed by atoms with Crippen molar-refractivity contribution in [1.29, 1.82) is 0 Å². The summed E-state index contributed by atoms with van der Waals surface area (Å²) in [4.78, 5) is 30.2. The number of hydrogen-bond acceptors (Lipinski definition) is 4. The Kier molecular flexibility index (Phi) is 5.68. The Hall–Kier alpha value is -3.09. The van der Waals surface area contributed by atoms with Crippen LogP contribution in [0.2, 0.25) is 0 Å². The quantitative estimate of drug-likeness (QED) is 0.676. The number of aromatic nitrogens is 1. The van der Waals surface area contributed by atoms with Crippen molar-refractivity contribution in [2.75, 3.05) is 13.1 Å². The molecule has 0 atom stereocenters. The lowest BCUT2D eigenvalue weighted by Gasteiger charge is -2.31. The van der Waals surface area contributed by atoms with Gasteiger partial charge in [0.05, 0.1) is 6.21 Å². The number of hydrazone groups is 1. The predicted molar refractivity (Wildman–Crippen MR) is 95.0 cm³/mol. The zero-order valence-electron chi connectivity index (χ0n) is 14.1. The molecule has 1 aromatic heterocycles. The van der Waals surface area contributed by atoms with Crippen LogP contribution in [0, 0.1) is 11.7 Å². The summed E-state index contributed by atoms with van der Waals surface area (Å²) in [5.41, 5.74) is 3.79. The maximum atomic E-state index is 13.0. The summed E-state index contributed by atoms with van der Waals surface area (Å²) >= 11 is 0. The lowest BCUT2D eigenvalue weighted by atomic mass is 9.95. The average Bonchev–Trinajstić information content (AvgIpc) is 2.69. The zero-order valence-corrected chi connectivity index (χ0v) is 14.1. The van der Waals surface area contributed by atoms with E-state index in [1.807, 2.05) is 6.07 Å². The van der Waals surface area contributed by atoms with E-state index >= 15 is 0 Å². The fourth-order valence-corrected chi connectivity index (χ4v) is 2.83. The van der Waals surface area contributed by atoms with Gasteiger partial charge in [0, 0.05) is 42.5 Å². The third-order valence-electron chi connectivity index (χ3n) is 4.32. The highest BCUT2D eigenvalue weighted by molar-refractivity contribution is 5.94. The van der Waals surface area contributed by atoms with E-state index in [1.54, 1.807) is 23.4 Å². The highest BCUT2D eigenvalue weighted by Crippen LogP contribution is 2.19. The molecule has 2 amide bonds. The number of amides is 2.